The number of nitro benzene ring substituents is 1. The topological polar surface area (TPSA) is 110 Å². The standard InChI is InChI=1S/C12H18N2O4.ClH/c1-7(2)3-4-9(13)8-5-10(14(17)18)12(16)11(15)6-8;/h5-7,9,15-16H,3-4,13H2,1-2H3;1H/t9-;/m1./s1. The summed E-state index contributed by atoms with van der Waals surface area (Å²) in [6.07, 6.45) is 1.55. The van der Waals surface area contributed by atoms with E-state index in [1.54, 1.807) is 0 Å². The van der Waals surface area contributed by atoms with Crippen LogP contribution in [0.5, 0.6) is 11.5 Å². The molecule has 0 aliphatic heterocycles. The van der Waals surface area contributed by atoms with Gasteiger partial charge in [0.2, 0.25) is 5.75 Å². The molecule has 0 aliphatic rings. The summed E-state index contributed by atoms with van der Waals surface area (Å²) in [5.74, 6) is -0.754. The summed E-state index contributed by atoms with van der Waals surface area (Å²) in [7, 11) is 0. The lowest BCUT2D eigenvalue weighted by atomic mass is 9.97. The number of nitrogens with two attached hydrogens (primary N) is 1. The third kappa shape index (κ3) is 4.57. The number of halogens is 1. The molecule has 1 aromatic rings. The highest BCUT2D eigenvalue weighted by Gasteiger charge is 2.21. The van der Waals surface area contributed by atoms with E-state index in [9.17, 15) is 20.3 Å². The average molecular weight is 291 g/mol. The second-order valence-electron chi connectivity index (χ2n) is 4.74. The minimum absolute atomic E-state index is 0. The fraction of sp³-hybridized carbons (Fsp3) is 0.500. The normalized spacial score (nSPS) is 12.0. The Hall–Kier alpha value is -1.53. The van der Waals surface area contributed by atoms with Gasteiger partial charge in [0.15, 0.2) is 5.75 Å². The Morgan fingerprint density at radius 3 is 2.37 bits per heavy atom. The van der Waals surface area contributed by atoms with Gasteiger partial charge >= 0.3 is 5.69 Å². The molecule has 0 radical (unpaired) electrons. The molecule has 4 N–H and O–H groups in total. The Labute approximate surface area is 117 Å². The molecule has 0 saturated heterocycles. The molecule has 0 heterocycles. The molecule has 0 spiro atoms. The molecule has 0 aromatic heterocycles. The SMILES string of the molecule is CC(C)CC[C@@H](N)c1cc(O)c(O)c([N+](=O)[O-])c1.Cl. The number of benzene rings is 1. The number of hydrogen-bond acceptors (Lipinski definition) is 5. The number of phenols is 2. The zero-order valence-corrected chi connectivity index (χ0v) is 11.7. The summed E-state index contributed by atoms with van der Waals surface area (Å²) >= 11 is 0. The van der Waals surface area contributed by atoms with Crippen LogP contribution >= 0.6 is 12.4 Å². The predicted molar refractivity (Wildman–Crippen MR) is 74.7 cm³/mol. The summed E-state index contributed by atoms with van der Waals surface area (Å²) in [6.45, 7) is 4.12. The van der Waals surface area contributed by atoms with Gasteiger partial charge in [-0.3, -0.25) is 10.1 Å². The fourth-order valence-corrected chi connectivity index (χ4v) is 1.66. The molecule has 19 heavy (non-hydrogen) atoms. The Balaban J connectivity index is 0.00000324. The van der Waals surface area contributed by atoms with E-state index in [1.165, 1.54) is 12.1 Å². The summed E-state index contributed by atoms with van der Waals surface area (Å²) in [5.41, 5.74) is 5.85. The van der Waals surface area contributed by atoms with E-state index in [0.717, 1.165) is 6.42 Å². The van der Waals surface area contributed by atoms with Crippen molar-refractivity contribution in [3.63, 3.8) is 0 Å². The minimum atomic E-state index is -0.742. The maximum atomic E-state index is 10.7. The highest BCUT2D eigenvalue weighted by atomic mass is 35.5. The molecule has 0 saturated carbocycles. The first kappa shape index (κ1) is 17.5. The third-order valence-electron chi connectivity index (χ3n) is 2.77. The van der Waals surface area contributed by atoms with Gasteiger partial charge in [0, 0.05) is 12.1 Å². The Morgan fingerprint density at radius 2 is 1.89 bits per heavy atom. The first-order valence-electron chi connectivity index (χ1n) is 5.78. The van der Waals surface area contributed by atoms with Crippen molar-refractivity contribution < 1.29 is 15.1 Å². The van der Waals surface area contributed by atoms with Crippen molar-refractivity contribution in [2.24, 2.45) is 11.7 Å². The highest BCUT2D eigenvalue weighted by molar-refractivity contribution is 5.85. The zero-order chi connectivity index (χ0) is 13.9. The second-order valence-corrected chi connectivity index (χ2v) is 4.74. The molecular weight excluding hydrogens is 272 g/mol. The molecule has 1 rings (SSSR count). The van der Waals surface area contributed by atoms with Crippen LogP contribution in [0.15, 0.2) is 12.1 Å². The van der Waals surface area contributed by atoms with Crippen LogP contribution in [-0.2, 0) is 0 Å². The number of nitrogens with zero attached hydrogens (tertiary/aromatic N) is 1. The molecule has 0 fully saturated rings. The van der Waals surface area contributed by atoms with Crippen molar-refractivity contribution in [2.75, 3.05) is 0 Å². The van der Waals surface area contributed by atoms with E-state index < -0.39 is 28.2 Å². The van der Waals surface area contributed by atoms with Crippen LogP contribution in [0.3, 0.4) is 0 Å². The van der Waals surface area contributed by atoms with Gasteiger partial charge in [-0.25, -0.2) is 0 Å². The van der Waals surface area contributed by atoms with Crippen molar-refractivity contribution >= 4 is 18.1 Å². The molecule has 7 heteroatoms. The summed E-state index contributed by atoms with van der Waals surface area (Å²) in [4.78, 5) is 9.97. The molecule has 0 amide bonds. The van der Waals surface area contributed by atoms with E-state index in [4.69, 9.17) is 5.73 Å². The molecular formula is C12H19ClN2O4. The van der Waals surface area contributed by atoms with Crippen LogP contribution < -0.4 is 5.73 Å². The van der Waals surface area contributed by atoms with Crippen LogP contribution in [0.4, 0.5) is 5.69 Å². The lowest BCUT2D eigenvalue weighted by molar-refractivity contribution is -0.386. The van der Waals surface area contributed by atoms with E-state index >= 15 is 0 Å². The number of hydrogen-bond donors (Lipinski definition) is 3. The van der Waals surface area contributed by atoms with Gasteiger partial charge in [-0.15, -0.1) is 12.4 Å². The van der Waals surface area contributed by atoms with Crippen LogP contribution in [0.2, 0.25) is 0 Å². The Kier molecular flexibility index (Phi) is 6.58. The predicted octanol–water partition coefficient (Wildman–Crippen LogP) is 2.86. The lowest BCUT2D eigenvalue weighted by Crippen LogP contribution is -2.11. The van der Waals surface area contributed by atoms with Crippen LogP contribution in [-0.4, -0.2) is 15.1 Å². The first-order valence-corrected chi connectivity index (χ1v) is 5.78. The quantitative estimate of drug-likeness (QED) is 0.439. The molecule has 0 bridgehead atoms. The van der Waals surface area contributed by atoms with Crippen molar-refractivity contribution in [3.05, 3.63) is 27.8 Å². The van der Waals surface area contributed by atoms with Gasteiger partial charge in [-0.2, -0.15) is 0 Å². The minimum Gasteiger partial charge on any atom is -0.504 e. The number of rotatable bonds is 5. The fourth-order valence-electron chi connectivity index (χ4n) is 1.66. The maximum absolute atomic E-state index is 10.7. The number of phenolic OH excluding ortho intramolecular Hbond substituents is 2. The van der Waals surface area contributed by atoms with E-state index in [1.807, 2.05) is 0 Å². The van der Waals surface area contributed by atoms with Gasteiger partial charge in [-0.05, 0) is 30.4 Å². The largest absolute Gasteiger partial charge is 0.504 e. The van der Waals surface area contributed by atoms with Crippen molar-refractivity contribution in [3.8, 4) is 11.5 Å². The van der Waals surface area contributed by atoms with Gasteiger partial charge in [0.05, 0.1) is 4.92 Å². The van der Waals surface area contributed by atoms with E-state index in [0.29, 0.717) is 17.9 Å². The van der Waals surface area contributed by atoms with Gasteiger partial charge < -0.3 is 15.9 Å². The van der Waals surface area contributed by atoms with E-state index in [-0.39, 0.29) is 12.4 Å². The molecule has 6 nitrogen and oxygen atoms in total. The van der Waals surface area contributed by atoms with Crippen molar-refractivity contribution in [2.45, 2.75) is 32.7 Å². The number of aromatic hydroxyl groups is 2. The maximum Gasteiger partial charge on any atom is 0.314 e. The Bertz CT molecular complexity index is 452. The first-order chi connectivity index (χ1) is 8.32. The average Bonchev–Trinajstić information content (AvgIpc) is 2.28. The van der Waals surface area contributed by atoms with Gasteiger partial charge in [0.1, 0.15) is 0 Å². The molecule has 0 unspecified atom stereocenters. The van der Waals surface area contributed by atoms with Gasteiger partial charge in [0.25, 0.3) is 0 Å². The van der Waals surface area contributed by atoms with E-state index in [2.05, 4.69) is 13.8 Å². The lowest BCUT2D eigenvalue weighted by Gasteiger charge is -2.14. The van der Waals surface area contributed by atoms with Crippen molar-refractivity contribution in [1.29, 1.82) is 0 Å². The number of nitro groups is 1. The Morgan fingerprint density at radius 1 is 1.32 bits per heavy atom. The summed E-state index contributed by atoms with van der Waals surface area (Å²) in [5, 5.41) is 29.5. The molecule has 1 atom stereocenters. The monoisotopic (exact) mass is 290 g/mol. The van der Waals surface area contributed by atoms with Gasteiger partial charge in [-0.1, -0.05) is 13.8 Å². The highest BCUT2D eigenvalue weighted by Crippen LogP contribution is 2.38. The zero-order valence-electron chi connectivity index (χ0n) is 10.9. The second kappa shape index (κ2) is 7.16. The smallest absolute Gasteiger partial charge is 0.314 e. The third-order valence-corrected chi connectivity index (χ3v) is 2.77. The van der Waals surface area contributed by atoms with Crippen LogP contribution in [0, 0.1) is 16.0 Å². The van der Waals surface area contributed by atoms with Crippen LogP contribution in [0.1, 0.15) is 38.3 Å². The molecule has 108 valence electrons. The summed E-state index contributed by atoms with van der Waals surface area (Å²) in [6, 6.07) is 2.09. The molecule has 1 aromatic carbocycles. The summed E-state index contributed by atoms with van der Waals surface area (Å²) < 4.78 is 0. The molecule has 0 aliphatic carbocycles. The van der Waals surface area contributed by atoms with Crippen molar-refractivity contribution in [1.82, 2.24) is 0 Å². The van der Waals surface area contributed by atoms with Crippen LogP contribution in [0.25, 0.3) is 0 Å².